The second-order valence-corrected chi connectivity index (χ2v) is 7.85. The second-order valence-electron chi connectivity index (χ2n) is 6.39. The van der Waals surface area contributed by atoms with E-state index in [1.165, 1.54) is 31.2 Å². The van der Waals surface area contributed by atoms with Crippen molar-refractivity contribution >= 4 is 10.8 Å². The van der Waals surface area contributed by atoms with Crippen LogP contribution in [0.4, 0.5) is 0 Å². The average Bonchev–Trinajstić information content (AvgIpc) is 2.97. The van der Waals surface area contributed by atoms with Crippen LogP contribution in [0.3, 0.4) is 0 Å². The number of hydrogen-bond donors (Lipinski definition) is 1. The Kier molecular flexibility index (Phi) is 6.43. The zero-order chi connectivity index (χ0) is 15.2. The Labute approximate surface area is 132 Å². The minimum absolute atomic E-state index is 0.411. The largest absolute Gasteiger partial charge is 0.313 e. The van der Waals surface area contributed by atoms with E-state index < -0.39 is 10.8 Å². The van der Waals surface area contributed by atoms with Crippen LogP contribution < -0.4 is 5.32 Å². The quantitative estimate of drug-likeness (QED) is 0.826. The molecular weight excluding hydrogens is 278 g/mol. The topological polar surface area (TPSA) is 29.1 Å². The number of benzene rings is 1. The first-order chi connectivity index (χ1) is 10.1. The highest BCUT2D eigenvalue weighted by Crippen LogP contribution is 2.29. The predicted octanol–water partition coefficient (Wildman–Crippen LogP) is 3.97. The second kappa shape index (κ2) is 8.09. The fourth-order valence-electron chi connectivity index (χ4n) is 3.36. The van der Waals surface area contributed by atoms with Crippen molar-refractivity contribution < 1.29 is 4.21 Å². The molecule has 0 heterocycles. The Morgan fingerprint density at radius 3 is 2.62 bits per heavy atom. The SMILES string of the molecule is CCCNC(CS(=O)c1ccc(C)cc1C)C1CCCC1. The maximum absolute atomic E-state index is 12.8. The highest BCUT2D eigenvalue weighted by molar-refractivity contribution is 7.85. The van der Waals surface area contributed by atoms with Crippen molar-refractivity contribution in [1.29, 1.82) is 0 Å². The molecule has 2 nitrogen and oxygen atoms in total. The van der Waals surface area contributed by atoms with Gasteiger partial charge in [-0.25, -0.2) is 0 Å². The predicted molar refractivity (Wildman–Crippen MR) is 91.2 cm³/mol. The van der Waals surface area contributed by atoms with Crippen LogP contribution in [0.1, 0.15) is 50.2 Å². The summed E-state index contributed by atoms with van der Waals surface area (Å²) >= 11 is 0. The third kappa shape index (κ3) is 4.65. The van der Waals surface area contributed by atoms with Crippen LogP contribution in [0.15, 0.2) is 23.1 Å². The van der Waals surface area contributed by atoms with Gasteiger partial charge in [0.25, 0.3) is 0 Å². The maximum atomic E-state index is 12.8. The van der Waals surface area contributed by atoms with E-state index in [1.807, 2.05) is 6.07 Å². The summed E-state index contributed by atoms with van der Waals surface area (Å²) in [6.07, 6.45) is 6.41. The third-order valence-corrected chi connectivity index (χ3v) is 6.14. The Morgan fingerprint density at radius 1 is 1.29 bits per heavy atom. The van der Waals surface area contributed by atoms with Gasteiger partial charge in [0.1, 0.15) is 0 Å². The van der Waals surface area contributed by atoms with Gasteiger partial charge in [0.2, 0.25) is 0 Å². The minimum atomic E-state index is -0.895. The Morgan fingerprint density at radius 2 is 2.00 bits per heavy atom. The molecule has 0 amide bonds. The van der Waals surface area contributed by atoms with Gasteiger partial charge in [-0.05, 0) is 57.2 Å². The van der Waals surface area contributed by atoms with E-state index in [0.717, 1.165) is 29.2 Å². The molecule has 1 N–H and O–H groups in total. The molecule has 21 heavy (non-hydrogen) atoms. The summed E-state index contributed by atoms with van der Waals surface area (Å²) in [5.41, 5.74) is 2.40. The molecule has 1 aromatic carbocycles. The lowest BCUT2D eigenvalue weighted by Crippen LogP contribution is -2.40. The summed E-state index contributed by atoms with van der Waals surface area (Å²) in [4.78, 5) is 1.02. The lowest BCUT2D eigenvalue weighted by molar-refractivity contribution is 0.385. The summed E-state index contributed by atoms with van der Waals surface area (Å²) < 4.78 is 12.8. The molecule has 0 aliphatic heterocycles. The monoisotopic (exact) mass is 307 g/mol. The van der Waals surface area contributed by atoms with Gasteiger partial charge in [-0.1, -0.05) is 37.5 Å². The highest BCUT2D eigenvalue weighted by atomic mass is 32.2. The van der Waals surface area contributed by atoms with Crippen LogP contribution in [0.25, 0.3) is 0 Å². The maximum Gasteiger partial charge on any atom is 0.0548 e. The van der Waals surface area contributed by atoms with E-state index in [9.17, 15) is 4.21 Å². The summed E-state index contributed by atoms with van der Waals surface area (Å²) in [6.45, 7) is 7.39. The van der Waals surface area contributed by atoms with Crippen molar-refractivity contribution in [2.24, 2.45) is 5.92 Å². The molecule has 2 atom stereocenters. The van der Waals surface area contributed by atoms with E-state index in [4.69, 9.17) is 0 Å². The van der Waals surface area contributed by atoms with E-state index in [2.05, 4.69) is 38.2 Å². The third-order valence-electron chi connectivity index (χ3n) is 4.53. The summed E-state index contributed by atoms with van der Waals surface area (Å²) in [5.74, 6) is 1.47. The van der Waals surface area contributed by atoms with Gasteiger partial charge in [0.05, 0.1) is 10.8 Å². The van der Waals surface area contributed by atoms with E-state index >= 15 is 0 Å². The highest BCUT2D eigenvalue weighted by Gasteiger charge is 2.26. The average molecular weight is 308 g/mol. The van der Waals surface area contributed by atoms with Gasteiger partial charge in [0, 0.05) is 16.7 Å². The lowest BCUT2D eigenvalue weighted by Gasteiger charge is -2.24. The van der Waals surface area contributed by atoms with Gasteiger partial charge < -0.3 is 5.32 Å². The van der Waals surface area contributed by atoms with Crippen LogP contribution in [-0.2, 0) is 10.8 Å². The Hall–Kier alpha value is -0.670. The molecule has 1 aliphatic rings. The first-order valence-corrected chi connectivity index (χ1v) is 9.62. The van der Waals surface area contributed by atoms with Crippen LogP contribution in [0, 0.1) is 19.8 Å². The molecular formula is C18H29NOS. The van der Waals surface area contributed by atoms with Crippen LogP contribution in [0.5, 0.6) is 0 Å². The number of nitrogens with one attached hydrogen (secondary N) is 1. The van der Waals surface area contributed by atoms with Crippen molar-refractivity contribution in [2.75, 3.05) is 12.3 Å². The Bertz CT molecular complexity index is 480. The fourth-order valence-corrected chi connectivity index (χ4v) is 4.89. The molecule has 1 fully saturated rings. The van der Waals surface area contributed by atoms with E-state index in [-0.39, 0.29) is 0 Å². The van der Waals surface area contributed by atoms with Crippen molar-refractivity contribution in [3.8, 4) is 0 Å². The van der Waals surface area contributed by atoms with Gasteiger partial charge in [-0.2, -0.15) is 0 Å². The van der Waals surface area contributed by atoms with Crippen molar-refractivity contribution in [3.05, 3.63) is 29.3 Å². The smallest absolute Gasteiger partial charge is 0.0548 e. The molecule has 1 aliphatic carbocycles. The number of rotatable bonds is 7. The zero-order valence-corrected chi connectivity index (χ0v) is 14.5. The minimum Gasteiger partial charge on any atom is -0.313 e. The molecule has 0 saturated heterocycles. The first kappa shape index (κ1) is 16.7. The molecule has 1 aromatic rings. The molecule has 0 radical (unpaired) electrons. The molecule has 2 unspecified atom stereocenters. The van der Waals surface area contributed by atoms with Crippen molar-refractivity contribution in [3.63, 3.8) is 0 Å². The molecule has 3 heteroatoms. The summed E-state index contributed by atoms with van der Waals surface area (Å²) in [6, 6.07) is 6.67. The van der Waals surface area contributed by atoms with Gasteiger partial charge in [-0.15, -0.1) is 0 Å². The lowest BCUT2D eigenvalue weighted by atomic mass is 10.00. The molecule has 0 aromatic heterocycles. The fraction of sp³-hybridized carbons (Fsp3) is 0.667. The van der Waals surface area contributed by atoms with Crippen LogP contribution in [-0.4, -0.2) is 22.5 Å². The summed E-state index contributed by atoms with van der Waals surface area (Å²) in [7, 11) is -0.895. The molecule has 2 rings (SSSR count). The zero-order valence-electron chi connectivity index (χ0n) is 13.7. The van der Waals surface area contributed by atoms with Crippen LogP contribution >= 0.6 is 0 Å². The summed E-state index contributed by atoms with van der Waals surface area (Å²) in [5, 5.41) is 3.65. The Balaban J connectivity index is 2.05. The first-order valence-electron chi connectivity index (χ1n) is 8.30. The van der Waals surface area contributed by atoms with E-state index in [1.54, 1.807) is 0 Å². The van der Waals surface area contributed by atoms with Crippen LogP contribution in [0.2, 0.25) is 0 Å². The van der Waals surface area contributed by atoms with E-state index in [0.29, 0.717) is 12.0 Å². The molecule has 1 saturated carbocycles. The molecule has 118 valence electrons. The van der Waals surface area contributed by atoms with Gasteiger partial charge >= 0.3 is 0 Å². The molecule has 0 spiro atoms. The van der Waals surface area contributed by atoms with Gasteiger partial charge in [0.15, 0.2) is 0 Å². The standard InChI is InChI=1S/C18H29NOS/c1-4-11-19-17(16-7-5-6-8-16)13-21(20)18-10-9-14(2)12-15(18)3/h9-10,12,16-17,19H,4-8,11,13H2,1-3H3. The normalized spacial score (nSPS) is 18.8. The van der Waals surface area contributed by atoms with Crippen molar-refractivity contribution in [1.82, 2.24) is 5.32 Å². The van der Waals surface area contributed by atoms with Crippen molar-refractivity contribution in [2.45, 2.75) is 63.8 Å². The molecule has 0 bridgehead atoms. The number of aryl methyl sites for hydroxylation is 2. The number of hydrogen-bond acceptors (Lipinski definition) is 2. The van der Waals surface area contributed by atoms with Gasteiger partial charge in [-0.3, -0.25) is 4.21 Å².